The van der Waals surface area contributed by atoms with Gasteiger partial charge < -0.3 is 15.4 Å². The molecule has 1 aliphatic rings. The first-order chi connectivity index (χ1) is 18.5. The van der Waals surface area contributed by atoms with Crippen LogP contribution in [0.4, 0.5) is 15.9 Å². The number of carbonyl (C=O) groups excluding carboxylic acids is 1. The molecule has 1 atom stereocenters. The first kappa shape index (κ1) is 23.4. The van der Waals surface area contributed by atoms with Gasteiger partial charge in [-0.1, -0.05) is 37.4 Å². The molecule has 0 saturated carbocycles. The van der Waals surface area contributed by atoms with Gasteiger partial charge in [0.1, 0.15) is 24.1 Å². The van der Waals surface area contributed by atoms with Gasteiger partial charge in [-0.15, -0.1) is 0 Å². The first-order valence-electron chi connectivity index (χ1n) is 12.0. The summed E-state index contributed by atoms with van der Waals surface area (Å²) in [6.07, 6.45) is 6.68. The minimum Gasteiger partial charge on any atom is -0.486 e. The Labute approximate surface area is 217 Å². The molecule has 6 rings (SSSR count). The lowest BCUT2D eigenvalue weighted by molar-refractivity contribution is -0.114. The number of fused-ring (bicyclic) bond motifs is 3. The van der Waals surface area contributed by atoms with E-state index in [4.69, 9.17) is 15.6 Å². The molecule has 2 N–H and O–H groups in total. The monoisotopic (exact) mass is 509 g/mol. The van der Waals surface area contributed by atoms with E-state index in [9.17, 15) is 9.18 Å². The predicted octanol–water partition coefficient (Wildman–Crippen LogP) is 4.37. The van der Waals surface area contributed by atoms with Gasteiger partial charge in [0.2, 0.25) is 5.91 Å². The molecule has 1 amide bonds. The van der Waals surface area contributed by atoms with Crippen molar-refractivity contribution in [3.63, 3.8) is 0 Å². The molecule has 0 saturated heterocycles. The van der Waals surface area contributed by atoms with Crippen molar-refractivity contribution in [3.8, 4) is 11.6 Å². The van der Waals surface area contributed by atoms with E-state index in [0.717, 1.165) is 16.6 Å². The lowest BCUT2D eigenvalue weighted by Gasteiger charge is -2.34. The zero-order valence-electron chi connectivity index (χ0n) is 20.4. The number of nitrogen functional groups attached to an aromatic ring is 1. The van der Waals surface area contributed by atoms with Crippen LogP contribution in [0.15, 0.2) is 80.3 Å². The van der Waals surface area contributed by atoms with Crippen molar-refractivity contribution in [2.24, 2.45) is 0 Å². The highest BCUT2D eigenvalue weighted by Gasteiger charge is 2.31. The second-order valence-corrected chi connectivity index (χ2v) is 8.99. The van der Waals surface area contributed by atoms with E-state index in [0.29, 0.717) is 35.3 Å². The molecule has 5 aromatic rings. The molecule has 0 fully saturated rings. The van der Waals surface area contributed by atoms with Gasteiger partial charge in [-0.2, -0.15) is 5.10 Å². The van der Waals surface area contributed by atoms with E-state index in [-0.39, 0.29) is 30.1 Å². The number of nitrogens with zero attached hydrogens (tertiary/aromatic N) is 6. The van der Waals surface area contributed by atoms with Crippen LogP contribution in [0.1, 0.15) is 11.6 Å². The Morgan fingerprint density at radius 2 is 2.05 bits per heavy atom. The van der Waals surface area contributed by atoms with Crippen molar-refractivity contribution < 1.29 is 13.9 Å². The number of hydrogen-bond donors (Lipinski definition) is 1. The van der Waals surface area contributed by atoms with Gasteiger partial charge in [0.05, 0.1) is 11.6 Å². The third kappa shape index (κ3) is 3.69. The SMILES string of the molecule is C=CCOc1cc2ccn(-c3nn(C4Cc5ccccc5N(C(=O)C=C)C4)c4ncnc(N)c34)c2cc1F. The fourth-order valence-corrected chi connectivity index (χ4v) is 5.04. The van der Waals surface area contributed by atoms with Crippen molar-refractivity contribution >= 4 is 39.3 Å². The Morgan fingerprint density at radius 3 is 2.87 bits per heavy atom. The summed E-state index contributed by atoms with van der Waals surface area (Å²) in [6, 6.07) is 12.4. The number of amides is 1. The van der Waals surface area contributed by atoms with Gasteiger partial charge in [-0.05, 0) is 36.3 Å². The van der Waals surface area contributed by atoms with Gasteiger partial charge in [0.15, 0.2) is 23.0 Å². The number of benzene rings is 2. The van der Waals surface area contributed by atoms with E-state index in [1.807, 2.05) is 30.3 Å². The summed E-state index contributed by atoms with van der Waals surface area (Å²) in [5.74, 6) is 0.151. The lowest BCUT2D eigenvalue weighted by atomic mass is 9.97. The molecule has 3 aromatic heterocycles. The molecule has 1 aliphatic heterocycles. The van der Waals surface area contributed by atoms with Crippen molar-refractivity contribution in [1.82, 2.24) is 24.3 Å². The average molecular weight is 510 g/mol. The summed E-state index contributed by atoms with van der Waals surface area (Å²) < 4.78 is 23.9. The van der Waals surface area contributed by atoms with E-state index >= 15 is 0 Å². The highest BCUT2D eigenvalue weighted by Crippen LogP contribution is 2.36. The van der Waals surface area contributed by atoms with Crippen LogP contribution in [-0.2, 0) is 11.2 Å². The smallest absolute Gasteiger partial charge is 0.250 e. The molecule has 10 heteroatoms. The van der Waals surface area contributed by atoms with E-state index in [2.05, 4.69) is 23.1 Å². The second-order valence-electron chi connectivity index (χ2n) is 8.99. The Bertz CT molecular complexity index is 1740. The number of halogens is 1. The fraction of sp³-hybridized carbons (Fsp3) is 0.143. The molecule has 9 nitrogen and oxygen atoms in total. The zero-order valence-corrected chi connectivity index (χ0v) is 20.4. The van der Waals surface area contributed by atoms with Crippen LogP contribution in [0.25, 0.3) is 27.8 Å². The second kappa shape index (κ2) is 9.15. The number of rotatable bonds is 6. The van der Waals surface area contributed by atoms with Crippen LogP contribution in [0.3, 0.4) is 0 Å². The number of para-hydroxylation sites is 1. The van der Waals surface area contributed by atoms with Gasteiger partial charge in [0, 0.05) is 29.9 Å². The van der Waals surface area contributed by atoms with E-state index < -0.39 is 5.82 Å². The van der Waals surface area contributed by atoms with Gasteiger partial charge in [-0.3, -0.25) is 9.36 Å². The van der Waals surface area contributed by atoms with Gasteiger partial charge >= 0.3 is 0 Å². The maximum absolute atomic E-state index is 14.9. The zero-order chi connectivity index (χ0) is 26.4. The summed E-state index contributed by atoms with van der Waals surface area (Å²) in [4.78, 5) is 23.2. The van der Waals surface area contributed by atoms with Crippen LogP contribution >= 0.6 is 0 Å². The number of anilines is 2. The standard InChI is InChI=1S/C28H24FN7O2/c1-3-11-38-23-13-18-9-10-34(22(18)14-20(23)29)28-25-26(30)31-16-32-27(25)36(33-28)19-12-17-7-5-6-8-21(17)35(15-19)24(37)4-2/h3-10,13-14,16,19H,1-2,11-12,15H2,(H2,30,31,32). The van der Waals surface area contributed by atoms with E-state index in [1.165, 1.54) is 18.5 Å². The van der Waals surface area contributed by atoms with Crippen molar-refractivity contribution in [2.75, 3.05) is 23.8 Å². The number of carbonyl (C=O) groups is 1. The van der Waals surface area contributed by atoms with E-state index in [1.54, 1.807) is 32.5 Å². The maximum Gasteiger partial charge on any atom is 0.250 e. The molecule has 2 aromatic carbocycles. The summed E-state index contributed by atoms with van der Waals surface area (Å²) in [5.41, 5.74) is 9.30. The summed E-state index contributed by atoms with van der Waals surface area (Å²) in [7, 11) is 0. The lowest BCUT2D eigenvalue weighted by Crippen LogP contribution is -2.40. The van der Waals surface area contributed by atoms with Crippen LogP contribution in [0, 0.1) is 5.82 Å². The van der Waals surface area contributed by atoms with Gasteiger partial charge in [0.25, 0.3) is 0 Å². The summed E-state index contributed by atoms with van der Waals surface area (Å²) >= 11 is 0. The number of nitrogens with two attached hydrogens (primary N) is 1. The number of ether oxygens (including phenoxy) is 1. The number of hydrogen-bond acceptors (Lipinski definition) is 6. The third-order valence-electron chi connectivity index (χ3n) is 6.75. The van der Waals surface area contributed by atoms with Crippen molar-refractivity contribution in [1.29, 1.82) is 0 Å². The maximum atomic E-state index is 14.9. The molecule has 1 unspecified atom stereocenters. The quantitative estimate of drug-likeness (QED) is 0.269. The molecule has 190 valence electrons. The molecule has 0 bridgehead atoms. The minimum absolute atomic E-state index is 0.140. The Balaban J connectivity index is 1.50. The number of aromatic nitrogens is 5. The summed E-state index contributed by atoms with van der Waals surface area (Å²) in [6.45, 7) is 7.84. The largest absolute Gasteiger partial charge is 0.486 e. The van der Waals surface area contributed by atoms with Crippen LogP contribution in [-0.4, -0.2) is 43.4 Å². The molecule has 38 heavy (non-hydrogen) atoms. The topological polar surface area (TPSA) is 104 Å². The van der Waals surface area contributed by atoms with Gasteiger partial charge in [-0.25, -0.2) is 19.0 Å². The minimum atomic E-state index is -0.505. The van der Waals surface area contributed by atoms with Crippen molar-refractivity contribution in [2.45, 2.75) is 12.5 Å². The molecule has 0 spiro atoms. The molecule has 0 aliphatic carbocycles. The Hall–Kier alpha value is -4.99. The predicted molar refractivity (Wildman–Crippen MR) is 144 cm³/mol. The third-order valence-corrected chi connectivity index (χ3v) is 6.75. The molecule has 4 heterocycles. The van der Waals surface area contributed by atoms with Crippen LogP contribution in [0.2, 0.25) is 0 Å². The van der Waals surface area contributed by atoms with Crippen molar-refractivity contribution in [3.05, 3.63) is 91.7 Å². The van der Waals surface area contributed by atoms with Crippen LogP contribution < -0.4 is 15.4 Å². The first-order valence-corrected chi connectivity index (χ1v) is 12.0. The molecular formula is C28H24FN7O2. The average Bonchev–Trinajstić information content (AvgIpc) is 3.52. The molecular weight excluding hydrogens is 485 g/mol. The highest BCUT2D eigenvalue weighted by molar-refractivity contribution is 6.02. The normalized spacial score (nSPS) is 15.0. The fourth-order valence-electron chi connectivity index (χ4n) is 5.04. The Kier molecular flexibility index (Phi) is 5.64. The Morgan fingerprint density at radius 1 is 1.21 bits per heavy atom. The summed E-state index contributed by atoms with van der Waals surface area (Å²) in [5, 5.41) is 6.23. The highest BCUT2D eigenvalue weighted by atomic mass is 19.1. The molecule has 0 radical (unpaired) electrons. The van der Waals surface area contributed by atoms with Crippen LogP contribution in [0.5, 0.6) is 5.75 Å².